The molecule has 16 heavy (non-hydrogen) atoms. The van der Waals surface area contributed by atoms with E-state index in [1.807, 2.05) is 0 Å². The molecule has 0 aromatic carbocycles. The summed E-state index contributed by atoms with van der Waals surface area (Å²) in [7, 11) is 0. The third-order valence-electron chi connectivity index (χ3n) is 3.58. The second-order valence-electron chi connectivity index (χ2n) is 4.87. The summed E-state index contributed by atoms with van der Waals surface area (Å²) in [5.74, 6) is -1.56. The molecule has 0 aliphatic carbocycles. The van der Waals surface area contributed by atoms with E-state index in [9.17, 15) is 20.4 Å². The summed E-state index contributed by atoms with van der Waals surface area (Å²) in [5.41, 5.74) is -1.33. The molecule has 4 N–H and O–H groups in total. The SMILES string of the molecule is CC(C)[C@@]12OC[C@@](CO)(O1)[C@@H](O)[C@H](O)[C@H]2O. The molecule has 0 aromatic heterocycles. The average molecular weight is 234 g/mol. The summed E-state index contributed by atoms with van der Waals surface area (Å²) in [4.78, 5) is 0. The smallest absolute Gasteiger partial charge is 0.200 e. The van der Waals surface area contributed by atoms with E-state index in [-0.39, 0.29) is 12.5 Å². The zero-order chi connectivity index (χ0) is 12.1. The van der Waals surface area contributed by atoms with Crippen molar-refractivity contribution in [3.63, 3.8) is 0 Å². The normalized spacial score (nSPS) is 52.3. The van der Waals surface area contributed by atoms with Crippen LogP contribution in [0.3, 0.4) is 0 Å². The third kappa shape index (κ3) is 1.28. The van der Waals surface area contributed by atoms with E-state index in [4.69, 9.17) is 9.47 Å². The summed E-state index contributed by atoms with van der Waals surface area (Å²) in [6.45, 7) is 3.05. The van der Waals surface area contributed by atoms with Crippen molar-refractivity contribution in [2.24, 2.45) is 5.92 Å². The first kappa shape index (κ1) is 12.2. The summed E-state index contributed by atoms with van der Waals surface area (Å²) >= 11 is 0. The lowest BCUT2D eigenvalue weighted by Gasteiger charge is -2.47. The van der Waals surface area contributed by atoms with Crippen LogP contribution in [0.4, 0.5) is 0 Å². The van der Waals surface area contributed by atoms with Gasteiger partial charge in [0.2, 0.25) is 5.79 Å². The molecule has 5 atom stereocenters. The van der Waals surface area contributed by atoms with E-state index in [1.165, 1.54) is 0 Å². The van der Waals surface area contributed by atoms with Crippen molar-refractivity contribution in [3.8, 4) is 0 Å². The highest BCUT2D eigenvalue weighted by atomic mass is 16.8. The molecule has 6 nitrogen and oxygen atoms in total. The van der Waals surface area contributed by atoms with Crippen LogP contribution in [-0.2, 0) is 9.47 Å². The average Bonchev–Trinajstić information content (AvgIpc) is 2.65. The second-order valence-corrected chi connectivity index (χ2v) is 4.87. The number of ether oxygens (including phenoxy) is 2. The molecule has 6 heteroatoms. The fourth-order valence-electron chi connectivity index (χ4n) is 2.42. The van der Waals surface area contributed by atoms with E-state index in [0.29, 0.717) is 0 Å². The van der Waals surface area contributed by atoms with Gasteiger partial charge >= 0.3 is 0 Å². The molecular weight excluding hydrogens is 216 g/mol. The molecule has 0 amide bonds. The first-order valence-electron chi connectivity index (χ1n) is 5.39. The molecule has 0 unspecified atom stereocenters. The zero-order valence-electron chi connectivity index (χ0n) is 9.33. The van der Waals surface area contributed by atoms with Crippen molar-refractivity contribution in [2.75, 3.05) is 13.2 Å². The van der Waals surface area contributed by atoms with Crippen LogP contribution in [0.2, 0.25) is 0 Å². The van der Waals surface area contributed by atoms with Gasteiger partial charge in [-0.25, -0.2) is 0 Å². The van der Waals surface area contributed by atoms with E-state index in [0.717, 1.165) is 0 Å². The topological polar surface area (TPSA) is 99.4 Å². The Morgan fingerprint density at radius 2 is 1.88 bits per heavy atom. The Balaban J connectivity index is 2.39. The molecular formula is C10H18O6. The predicted molar refractivity (Wildman–Crippen MR) is 52.4 cm³/mol. The quantitative estimate of drug-likeness (QED) is 0.450. The Labute approximate surface area is 93.4 Å². The minimum atomic E-state index is -1.38. The van der Waals surface area contributed by atoms with Gasteiger partial charge < -0.3 is 29.9 Å². The molecule has 0 saturated carbocycles. The number of hydrogen-bond donors (Lipinski definition) is 4. The number of fused-ring (bicyclic) bond motifs is 2. The molecule has 2 heterocycles. The summed E-state index contributed by atoms with van der Waals surface area (Å²) in [6.07, 6.45) is -4.07. The molecule has 94 valence electrons. The Morgan fingerprint density at radius 3 is 2.38 bits per heavy atom. The molecule has 0 spiro atoms. The molecule has 0 radical (unpaired) electrons. The lowest BCUT2D eigenvalue weighted by molar-refractivity contribution is -0.336. The molecule has 2 rings (SSSR count). The molecule has 2 saturated heterocycles. The van der Waals surface area contributed by atoms with E-state index in [2.05, 4.69) is 0 Å². The maximum Gasteiger partial charge on any atom is 0.200 e. The van der Waals surface area contributed by atoms with Crippen molar-refractivity contribution in [3.05, 3.63) is 0 Å². The fraction of sp³-hybridized carbons (Fsp3) is 1.00. The number of rotatable bonds is 2. The third-order valence-corrected chi connectivity index (χ3v) is 3.58. The number of hydrogen-bond acceptors (Lipinski definition) is 6. The van der Waals surface area contributed by atoms with Gasteiger partial charge in [0.15, 0.2) is 0 Å². The first-order valence-corrected chi connectivity index (χ1v) is 5.39. The minimum absolute atomic E-state index is 0.0447. The second kappa shape index (κ2) is 3.63. The lowest BCUT2D eigenvalue weighted by Crippen LogP contribution is -2.68. The summed E-state index contributed by atoms with van der Waals surface area (Å²) < 4.78 is 11.0. The van der Waals surface area contributed by atoms with Crippen LogP contribution >= 0.6 is 0 Å². The standard InChI is InChI=1S/C10H18O6/c1-5(2)10-8(14)6(12)7(13)9(3-11,16-10)4-15-10/h5-8,11-14H,3-4H2,1-2H3/t6-,7-,8+,9+,10+/m0/s1. The van der Waals surface area contributed by atoms with Crippen LogP contribution in [-0.4, -0.2) is 63.3 Å². The molecule has 2 fully saturated rings. The lowest BCUT2D eigenvalue weighted by atomic mass is 9.83. The van der Waals surface area contributed by atoms with Crippen LogP contribution in [0, 0.1) is 5.92 Å². The van der Waals surface area contributed by atoms with Gasteiger partial charge in [0.05, 0.1) is 13.2 Å². The van der Waals surface area contributed by atoms with Crippen molar-refractivity contribution >= 4 is 0 Å². The van der Waals surface area contributed by atoms with Gasteiger partial charge in [-0.1, -0.05) is 13.8 Å². The number of aliphatic hydroxyl groups is 4. The monoisotopic (exact) mass is 234 g/mol. The maximum atomic E-state index is 9.92. The van der Waals surface area contributed by atoms with Crippen molar-refractivity contribution < 1.29 is 29.9 Å². The molecule has 0 aromatic rings. The Kier molecular flexibility index (Phi) is 2.77. The fourth-order valence-corrected chi connectivity index (χ4v) is 2.42. The Morgan fingerprint density at radius 1 is 1.25 bits per heavy atom. The van der Waals surface area contributed by atoms with Crippen molar-refractivity contribution in [1.29, 1.82) is 0 Å². The minimum Gasteiger partial charge on any atom is -0.393 e. The predicted octanol–water partition coefficient (Wildman–Crippen LogP) is -1.79. The summed E-state index contributed by atoms with van der Waals surface area (Å²) in [6, 6.07) is 0. The van der Waals surface area contributed by atoms with Gasteiger partial charge in [-0.2, -0.15) is 0 Å². The van der Waals surface area contributed by atoms with Crippen LogP contribution < -0.4 is 0 Å². The van der Waals surface area contributed by atoms with E-state index >= 15 is 0 Å². The maximum absolute atomic E-state index is 9.92. The molecule has 2 bridgehead atoms. The highest BCUT2D eigenvalue weighted by Crippen LogP contribution is 2.47. The molecule has 2 aliphatic rings. The van der Waals surface area contributed by atoms with E-state index < -0.39 is 36.3 Å². The van der Waals surface area contributed by atoms with Crippen LogP contribution in [0.25, 0.3) is 0 Å². The largest absolute Gasteiger partial charge is 0.393 e. The van der Waals surface area contributed by atoms with Crippen LogP contribution in [0.5, 0.6) is 0 Å². The van der Waals surface area contributed by atoms with Gasteiger partial charge in [0.1, 0.15) is 23.9 Å². The highest BCUT2D eigenvalue weighted by molar-refractivity contribution is 5.10. The van der Waals surface area contributed by atoms with Crippen molar-refractivity contribution in [2.45, 2.75) is 43.5 Å². The van der Waals surface area contributed by atoms with Crippen molar-refractivity contribution in [1.82, 2.24) is 0 Å². The zero-order valence-corrected chi connectivity index (χ0v) is 9.33. The van der Waals surface area contributed by atoms with Gasteiger partial charge in [-0.05, 0) is 0 Å². The van der Waals surface area contributed by atoms with E-state index in [1.54, 1.807) is 13.8 Å². The van der Waals surface area contributed by atoms with Gasteiger partial charge in [0.25, 0.3) is 0 Å². The number of aliphatic hydroxyl groups excluding tert-OH is 4. The van der Waals surface area contributed by atoms with Gasteiger partial charge in [0, 0.05) is 5.92 Å². The van der Waals surface area contributed by atoms with Gasteiger partial charge in [-0.15, -0.1) is 0 Å². The Bertz CT molecular complexity index is 282. The van der Waals surface area contributed by atoms with Crippen LogP contribution in [0.1, 0.15) is 13.8 Å². The highest BCUT2D eigenvalue weighted by Gasteiger charge is 2.67. The Hall–Kier alpha value is -0.240. The van der Waals surface area contributed by atoms with Gasteiger partial charge in [-0.3, -0.25) is 0 Å². The van der Waals surface area contributed by atoms with Crippen LogP contribution in [0.15, 0.2) is 0 Å². The summed E-state index contributed by atoms with van der Waals surface area (Å²) in [5, 5.41) is 38.8. The molecule has 2 aliphatic heterocycles. The first-order chi connectivity index (χ1) is 7.39.